The number of hydrogen-bond acceptors (Lipinski definition) is 4. The second kappa shape index (κ2) is 4.26. The van der Waals surface area contributed by atoms with Crippen molar-refractivity contribution in [1.29, 1.82) is 0 Å². The van der Waals surface area contributed by atoms with Gasteiger partial charge >= 0.3 is 0 Å². The molecule has 0 fully saturated rings. The molecule has 2 N–H and O–H groups in total. The standard InChI is InChI=1S/C8H9F2N3O2/c9-8(10,5-11)3-6-1-2-7(4-12-6)13(14)15/h1-2,4H,3,5,11H2. The summed E-state index contributed by atoms with van der Waals surface area (Å²) in [5, 5.41) is 10.3. The van der Waals surface area contributed by atoms with Crippen molar-refractivity contribution in [1.82, 2.24) is 4.98 Å². The predicted molar refractivity (Wildman–Crippen MR) is 48.6 cm³/mol. The van der Waals surface area contributed by atoms with Crippen LogP contribution in [0.1, 0.15) is 5.69 Å². The molecule has 1 heterocycles. The molecular weight excluding hydrogens is 208 g/mol. The van der Waals surface area contributed by atoms with Gasteiger partial charge in [0.15, 0.2) is 0 Å². The second-order valence-electron chi connectivity index (χ2n) is 3.00. The molecule has 7 heteroatoms. The number of pyridine rings is 1. The van der Waals surface area contributed by atoms with Crippen molar-refractivity contribution >= 4 is 5.69 Å². The highest BCUT2D eigenvalue weighted by molar-refractivity contribution is 5.27. The molecule has 0 aliphatic rings. The number of rotatable bonds is 4. The Labute approximate surface area is 84.1 Å². The molecule has 1 aromatic rings. The second-order valence-corrected chi connectivity index (χ2v) is 3.00. The lowest BCUT2D eigenvalue weighted by atomic mass is 10.1. The van der Waals surface area contributed by atoms with E-state index in [9.17, 15) is 18.9 Å². The number of nitrogens with two attached hydrogens (primary N) is 1. The van der Waals surface area contributed by atoms with Crippen molar-refractivity contribution in [3.63, 3.8) is 0 Å². The van der Waals surface area contributed by atoms with E-state index in [1.165, 1.54) is 6.07 Å². The molecular formula is C8H9F2N3O2. The first kappa shape index (κ1) is 11.4. The van der Waals surface area contributed by atoms with Crippen molar-refractivity contribution in [2.45, 2.75) is 12.3 Å². The molecule has 82 valence electrons. The van der Waals surface area contributed by atoms with E-state index in [-0.39, 0.29) is 11.4 Å². The van der Waals surface area contributed by atoms with Crippen molar-refractivity contribution < 1.29 is 13.7 Å². The lowest BCUT2D eigenvalue weighted by molar-refractivity contribution is -0.385. The third-order valence-electron chi connectivity index (χ3n) is 1.76. The largest absolute Gasteiger partial charge is 0.325 e. The maximum absolute atomic E-state index is 12.8. The minimum Gasteiger partial charge on any atom is -0.325 e. The van der Waals surface area contributed by atoms with Gasteiger partial charge in [0, 0.05) is 11.8 Å². The summed E-state index contributed by atoms with van der Waals surface area (Å²) in [7, 11) is 0. The van der Waals surface area contributed by atoms with Gasteiger partial charge in [-0.3, -0.25) is 15.1 Å². The zero-order chi connectivity index (χ0) is 11.5. The topological polar surface area (TPSA) is 82.0 Å². The summed E-state index contributed by atoms with van der Waals surface area (Å²) >= 11 is 0. The molecule has 0 radical (unpaired) electrons. The van der Waals surface area contributed by atoms with Gasteiger partial charge in [-0.25, -0.2) is 8.78 Å². The van der Waals surface area contributed by atoms with E-state index in [2.05, 4.69) is 4.98 Å². The monoisotopic (exact) mass is 217 g/mol. The lowest BCUT2D eigenvalue weighted by Crippen LogP contribution is -2.30. The molecule has 0 amide bonds. The van der Waals surface area contributed by atoms with E-state index in [0.29, 0.717) is 0 Å². The number of hydrogen-bond donors (Lipinski definition) is 1. The Morgan fingerprint density at radius 3 is 2.60 bits per heavy atom. The number of alkyl halides is 2. The highest BCUT2D eigenvalue weighted by atomic mass is 19.3. The Morgan fingerprint density at radius 1 is 1.53 bits per heavy atom. The van der Waals surface area contributed by atoms with E-state index in [1.807, 2.05) is 0 Å². The third kappa shape index (κ3) is 3.21. The average Bonchev–Trinajstić information content (AvgIpc) is 2.18. The molecule has 0 aliphatic carbocycles. The predicted octanol–water partition coefficient (Wildman–Crippen LogP) is 1.13. The van der Waals surface area contributed by atoms with E-state index in [1.54, 1.807) is 0 Å². The first-order chi connectivity index (χ1) is 6.94. The lowest BCUT2D eigenvalue weighted by Gasteiger charge is -2.12. The summed E-state index contributed by atoms with van der Waals surface area (Å²) in [4.78, 5) is 13.2. The van der Waals surface area contributed by atoms with Gasteiger partial charge in [-0.05, 0) is 6.07 Å². The average molecular weight is 217 g/mol. The molecule has 0 spiro atoms. The highest BCUT2D eigenvalue weighted by Crippen LogP contribution is 2.18. The Bertz CT molecular complexity index is 353. The fraction of sp³-hybridized carbons (Fsp3) is 0.375. The van der Waals surface area contributed by atoms with Crippen LogP contribution in [0, 0.1) is 10.1 Å². The van der Waals surface area contributed by atoms with Crippen molar-refractivity contribution in [2.24, 2.45) is 5.73 Å². The summed E-state index contributed by atoms with van der Waals surface area (Å²) in [6.07, 6.45) is 0.337. The molecule has 0 aliphatic heterocycles. The van der Waals surface area contributed by atoms with Crippen LogP contribution < -0.4 is 5.73 Å². The fourth-order valence-corrected chi connectivity index (χ4v) is 0.966. The molecule has 1 aromatic heterocycles. The van der Waals surface area contributed by atoms with Crippen LogP contribution in [0.2, 0.25) is 0 Å². The van der Waals surface area contributed by atoms with Gasteiger partial charge in [-0.2, -0.15) is 0 Å². The highest BCUT2D eigenvalue weighted by Gasteiger charge is 2.27. The minimum absolute atomic E-state index is 0.0797. The van der Waals surface area contributed by atoms with Crippen LogP contribution in [0.5, 0.6) is 0 Å². The van der Waals surface area contributed by atoms with Crippen LogP contribution in [0.15, 0.2) is 18.3 Å². The summed E-state index contributed by atoms with van der Waals surface area (Å²) in [5.41, 5.74) is 4.70. The Kier molecular flexibility index (Phi) is 3.25. The molecule has 1 rings (SSSR count). The van der Waals surface area contributed by atoms with Crippen LogP contribution in [-0.4, -0.2) is 22.4 Å². The summed E-state index contributed by atoms with van der Waals surface area (Å²) in [5.74, 6) is -3.02. The molecule has 0 aromatic carbocycles. The zero-order valence-corrected chi connectivity index (χ0v) is 7.69. The first-order valence-electron chi connectivity index (χ1n) is 4.12. The molecule has 0 unspecified atom stereocenters. The minimum atomic E-state index is -3.02. The van der Waals surface area contributed by atoms with Gasteiger partial charge in [0.2, 0.25) is 0 Å². The Morgan fingerprint density at radius 2 is 2.20 bits per heavy atom. The summed E-state index contributed by atoms with van der Waals surface area (Å²) in [6.45, 7) is -0.772. The van der Waals surface area contributed by atoms with Gasteiger partial charge in [0.05, 0.1) is 17.9 Å². The Hall–Kier alpha value is -1.63. The van der Waals surface area contributed by atoms with Crippen molar-refractivity contribution in [3.8, 4) is 0 Å². The van der Waals surface area contributed by atoms with E-state index < -0.39 is 23.8 Å². The SMILES string of the molecule is NCC(F)(F)Cc1ccc([N+](=O)[O-])cn1. The first-order valence-corrected chi connectivity index (χ1v) is 4.12. The normalized spacial score (nSPS) is 11.4. The summed E-state index contributed by atoms with van der Waals surface area (Å²) in [6, 6.07) is 2.33. The molecule has 0 saturated carbocycles. The van der Waals surface area contributed by atoms with Crippen molar-refractivity contribution in [2.75, 3.05) is 6.54 Å². The van der Waals surface area contributed by atoms with E-state index in [0.717, 1.165) is 12.3 Å². The smallest absolute Gasteiger partial charge is 0.287 e. The van der Waals surface area contributed by atoms with E-state index in [4.69, 9.17) is 5.73 Å². The van der Waals surface area contributed by atoms with Gasteiger partial charge in [-0.15, -0.1) is 0 Å². The van der Waals surface area contributed by atoms with Crippen LogP contribution in [0.4, 0.5) is 14.5 Å². The number of nitro groups is 1. The number of halogens is 2. The number of nitrogens with zero attached hydrogens (tertiary/aromatic N) is 2. The quantitative estimate of drug-likeness (QED) is 0.605. The molecule has 0 atom stereocenters. The fourth-order valence-electron chi connectivity index (χ4n) is 0.966. The van der Waals surface area contributed by atoms with Gasteiger partial charge < -0.3 is 5.73 Å². The molecule has 0 bridgehead atoms. The maximum atomic E-state index is 12.8. The van der Waals surface area contributed by atoms with Crippen LogP contribution in [0.3, 0.4) is 0 Å². The van der Waals surface area contributed by atoms with E-state index >= 15 is 0 Å². The molecule has 15 heavy (non-hydrogen) atoms. The molecule has 0 saturated heterocycles. The van der Waals surface area contributed by atoms with Crippen molar-refractivity contribution in [3.05, 3.63) is 34.1 Å². The van der Waals surface area contributed by atoms with Crippen LogP contribution in [-0.2, 0) is 6.42 Å². The molecule has 5 nitrogen and oxygen atoms in total. The van der Waals surface area contributed by atoms with Gasteiger partial charge in [0.1, 0.15) is 6.20 Å². The third-order valence-corrected chi connectivity index (χ3v) is 1.76. The maximum Gasteiger partial charge on any atom is 0.287 e. The zero-order valence-electron chi connectivity index (χ0n) is 7.69. The Balaban J connectivity index is 2.77. The van der Waals surface area contributed by atoms with Crippen LogP contribution >= 0.6 is 0 Å². The van der Waals surface area contributed by atoms with Crippen LogP contribution in [0.25, 0.3) is 0 Å². The van der Waals surface area contributed by atoms with Gasteiger partial charge in [-0.1, -0.05) is 0 Å². The number of aromatic nitrogens is 1. The van der Waals surface area contributed by atoms with Gasteiger partial charge in [0.25, 0.3) is 11.6 Å². The summed E-state index contributed by atoms with van der Waals surface area (Å²) < 4.78 is 25.6.